The third-order valence-electron chi connectivity index (χ3n) is 2.63. The summed E-state index contributed by atoms with van der Waals surface area (Å²) in [5.74, 6) is -2.92. The van der Waals surface area contributed by atoms with Gasteiger partial charge in [-0.1, -0.05) is 11.6 Å². The first-order valence-corrected chi connectivity index (χ1v) is 5.54. The smallest absolute Gasteiger partial charge is 0.422 e. The highest BCUT2D eigenvalue weighted by molar-refractivity contribution is 6.33. The second-order valence-electron chi connectivity index (χ2n) is 4.11. The van der Waals surface area contributed by atoms with Gasteiger partial charge in [-0.2, -0.15) is 13.2 Å². The normalized spacial score (nSPS) is 14.4. The van der Waals surface area contributed by atoms with Crippen molar-refractivity contribution in [3.8, 4) is 0 Å². The first-order chi connectivity index (χ1) is 8.99. The number of benzene rings is 1. The van der Waals surface area contributed by atoms with Gasteiger partial charge < -0.3 is 16.2 Å². The van der Waals surface area contributed by atoms with Crippen molar-refractivity contribution in [2.75, 3.05) is 5.32 Å². The number of carboxylic acids is 1. The maximum Gasteiger partial charge on any atom is 0.422 e. The van der Waals surface area contributed by atoms with Crippen LogP contribution in [-0.4, -0.2) is 28.7 Å². The number of nitrogens with one attached hydrogen (secondary N) is 1. The number of hydrogen-bond donors (Lipinski definition) is 3. The summed E-state index contributed by atoms with van der Waals surface area (Å²) in [4.78, 5) is 21.7. The Morgan fingerprint density at radius 1 is 1.35 bits per heavy atom. The summed E-state index contributed by atoms with van der Waals surface area (Å²) in [7, 11) is 0. The van der Waals surface area contributed by atoms with Gasteiger partial charge in [-0.15, -0.1) is 0 Å². The van der Waals surface area contributed by atoms with Gasteiger partial charge in [0.2, 0.25) is 11.4 Å². The van der Waals surface area contributed by atoms with E-state index in [0.717, 1.165) is 18.2 Å². The number of alkyl halides is 3. The Kier molecular flexibility index (Phi) is 4.18. The zero-order valence-corrected chi connectivity index (χ0v) is 10.8. The predicted molar refractivity (Wildman–Crippen MR) is 65.7 cm³/mol. The van der Waals surface area contributed by atoms with E-state index in [1.165, 1.54) is 0 Å². The van der Waals surface area contributed by atoms with Crippen molar-refractivity contribution >= 4 is 29.2 Å². The average molecular weight is 311 g/mol. The number of carbonyl (C=O) groups is 2. The maximum atomic E-state index is 12.8. The lowest BCUT2D eigenvalue weighted by atomic mass is 10.0. The first kappa shape index (κ1) is 16.1. The summed E-state index contributed by atoms with van der Waals surface area (Å²) in [6, 6.07) is 3.23. The number of primary amides is 1. The summed E-state index contributed by atoms with van der Waals surface area (Å²) < 4.78 is 38.5. The lowest BCUT2D eigenvalue weighted by Gasteiger charge is -2.30. The quantitative estimate of drug-likeness (QED) is 0.795. The van der Waals surface area contributed by atoms with Gasteiger partial charge in [0.25, 0.3) is 0 Å². The molecule has 0 aliphatic rings. The molecule has 0 radical (unpaired) electrons. The van der Waals surface area contributed by atoms with E-state index in [-0.39, 0.29) is 16.3 Å². The highest BCUT2D eigenvalue weighted by atomic mass is 35.5. The van der Waals surface area contributed by atoms with Crippen LogP contribution in [0.2, 0.25) is 5.02 Å². The van der Waals surface area contributed by atoms with Crippen LogP contribution >= 0.6 is 11.6 Å². The number of hydrogen-bond acceptors (Lipinski definition) is 3. The number of anilines is 1. The summed E-state index contributed by atoms with van der Waals surface area (Å²) in [6.45, 7) is 0.466. The molecule has 0 heterocycles. The molecule has 1 aromatic rings. The molecule has 20 heavy (non-hydrogen) atoms. The van der Waals surface area contributed by atoms with Crippen LogP contribution in [0.5, 0.6) is 0 Å². The highest BCUT2D eigenvalue weighted by Gasteiger charge is 2.57. The summed E-state index contributed by atoms with van der Waals surface area (Å²) in [5, 5.41) is 10.3. The molecule has 1 amide bonds. The van der Waals surface area contributed by atoms with Gasteiger partial charge in [0.1, 0.15) is 0 Å². The monoisotopic (exact) mass is 310 g/mol. The predicted octanol–water partition coefficient (Wildman–Crippen LogP) is 2.26. The van der Waals surface area contributed by atoms with E-state index in [4.69, 9.17) is 22.4 Å². The van der Waals surface area contributed by atoms with Crippen molar-refractivity contribution in [2.45, 2.75) is 18.6 Å². The number of carboxylic acid groups (broad SMARTS) is 1. The van der Waals surface area contributed by atoms with Crippen molar-refractivity contribution < 1.29 is 27.9 Å². The third kappa shape index (κ3) is 2.96. The Balaban J connectivity index is 3.20. The lowest BCUT2D eigenvalue weighted by molar-refractivity contribution is -0.192. The topological polar surface area (TPSA) is 92.4 Å². The van der Waals surface area contributed by atoms with Gasteiger partial charge in [-0.3, -0.25) is 4.79 Å². The molecule has 0 spiro atoms. The molecule has 1 aromatic carbocycles. The molecular formula is C11H10ClF3N2O3. The van der Waals surface area contributed by atoms with E-state index in [1.54, 1.807) is 0 Å². The minimum atomic E-state index is -5.05. The molecule has 1 atom stereocenters. The zero-order valence-electron chi connectivity index (χ0n) is 10.1. The maximum absolute atomic E-state index is 12.8. The van der Waals surface area contributed by atoms with Crippen molar-refractivity contribution in [1.29, 1.82) is 0 Å². The van der Waals surface area contributed by atoms with Gasteiger partial charge in [0.15, 0.2) is 0 Å². The molecule has 110 valence electrons. The van der Waals surface area contributed by atoms with Crippen LogP contribution in [0.4, 0.5) is 18.9 Å². The fourth-order valence-electron chi connectivity index (χ4n) is 1.28. The minimum Gasteiger partial charge on any atom is -0.479 e. The van der Waals surface area contributed by atoms with E-state index in [1.807, 2.05) is 5.32 Å². The van der Waals surface area contributed by atoms with Crippen LogP contribution < -0.4 is 11.1 Å². The van der Waals surface area contributed by atoms with Gasteiger partial charge in [-0.25, -0.2) is 4.79 Å². The Hall–Kier alpha value is -1.96. The summed E-state index contributed by atoms with van der Waals surface area (Å²) >= 11 is 5.70. The highest BCUT2D eigenvalue weighted by Crippen LogP contribution is 2.35. The fraction of sp³-hybridized carbons (Fsp3) is 0.273. The SMILES string of the molecule is CC(Nc1ccc(C(N)=O)cc1Cl)(C(=O)O)C(F)(F)F. The molecule has 9 heteroatoms. The molecular weight excluding hydrogens is 301 g/mol. The summed E-state index contributed by atoms with van der Waals surface area (Å²) in [6.07, 6.45) is -5.05. The summed E-state index contributed by atoms with van der Waals surface area (Å²) in [5.41, 5.74) is 1.48. The molecule has 0 aliphatic carbocycles. The molecule has 0 bridgehead atoms. The average Bonchev–Trinajstić information content (AvgIpc) is 2.29. The minimum absolute atomic E-state index is 0.00964. The van der Waals surface area contributed by atoms with Gasteiger partial charge >= 0.3 is 12.1 Å². The number of halogens is 4. The molecule has 4 N–H and O–H groups in total. The Morgan fingerprint density at radius 2 is 1.90 bits per heavy atom. The first-order valence-electron chi connectivity index (χ1n) is 5.16. The molecule has 1 rings (SSSR count). The number of rotatable bonds is 4. The zero-order chi connectivity index (χ0) is 15.7. The van der Waals surface area contributed by atoms with Crippen molar-refractivity contribution in [1.82, 2.24) is 0 Å². The number of carbonyl (C=O) groups excluding carboxylic acids is 1. The fourth-order valence-corrected chi connectivity index (χ4v) is 1.51. The van der Waals surface area contributed by atoms with Crippen LogP contribution in [0.3, 0.4) is 0 Å². The van der Waals surface area contributed by atoms with Crippen molar-refractivity contribution in [3.05, 3.63) is 28.8 Å². The molecule has 0 saturated heterocycles. The molecule has 5 nitrogen and oxygen atoms in total. The molecule has 1 unspecified atom stereocenters. The Morgan fingerprint density at radius 3 is 2.25 bits per heavy atom. The second-order valence-corrected chi connectivity index (χ2v) is 4.52. The molecule has 0 saturated carbocycles. The Labute approximate surface area is 116 Å². The van der Waals surface area contributed by atoms with E-state index >= 15 is 0 Å². The van der Waals surface area contributed by atoms with Gasteiger partial charge in [0, 0.05) is 5.56 Å². The van der Waals surface area contributed by atoms with Crippen LogP contribution in [0, 0.1) is 0 Å². The number of amides is 1. The lowest BCUT2D eigenvalue weighted by Crippen LogP contribution is -2.55. The van der Waals surface area contributed by atoms with E-state index < -0.39 is 23.6 Å². The van der Waals surface area contributed by atoms with E-state index in [2.05, 4.69) is 0 Å². The second kappa shape index (κ2) is 5.20. The van der Waals surface area contributed by atoms with Crippen LogP contribution in [0.25, 0.3) is 0 Å². The molecule has 0 aromatic heterocycles. The van der Waals surface area contributed by atoms with Crippen molar-refractivity contribution in [3.63, 3.8) is 0 Å². The van der Waals surface area contributed by atoms with E-state index in [9.17, 15) is 22.8 Å². The van der Waals surface area contributed by atoms with Crippen LogP contribution in [-0.2, 0) is 4.79 Å². The largest absolute Gasteiger partial charge is 0.479 e. The van der Waals surface area contributed by atoms with Crippen LogP contribution in [0.15, 0.2) is 18.2 Å². The van der Waals surface area contributed by atoms with Gasteiger partial charge in [-0.05, 0) is 25.1 Å². The standard InChI is InChI=1S/C11H10ClF3N2O3/c1-10(9(19)20,11(13,14)15)17-7-3-2-5(8(16)18)4-6(7)12/h2-4,17H,1H3,(H2,16,18)(H,19,20). The van der Waals surface area contributed by atoms with Crippen molar-refractivity contribution in [2.24, 2.45) is 5.73 Å². The Bertz CT molecular complexity index is 562. The molecule has 0 fully saturated rings. The van der Waals surface area contributed by atoms with E-state index in [0.29, 0.717) is 6.92 Å². The van der Waals surface area contributed by atoms with Gasteiger partial charge in [0.05, 0.1) is 10.7 Å². The number of nitrogens with two attached hydrogens (primary N) is 1. The number of aliphatic carboxylic acids is 1. The third-order valence-corrected chi connectivity index (χ3v) is 2.95. The van der Waals surface area contributed by atoms with Crippen LogP contribution in [0.1, 0.15) is 17.3 Å². The molecule has 0 aliphatic heterocycles.